The van der Waals surface area contributed by atoms with Gasteiger partial charge in [-0.2, -0.15) is 4.31 Å². The number of ether oxygens (including phenoxy) is 2. The summed E-state index contributed by atoms with van der Waals surface area (Å²) in [4.78, 5) is 24.9. The monoisotopic (exact) mass is 449 g/mol. The Morgan fingerprint density at radius 2 is 1.87 bits per heavy atom. The van der Waals surface area contributed by atoms with Crippen LogP contribution in [0.15, 0.2) is 41.4 Å². The van der Waals surface area contributed by atoms with E-state index < -0.39 is 27.9 Å². The van der Waals surface area contributed by atoms with Crippen molar-refractivity contribution in [3.63, 3.8) is 0 Å². The van der Waals surface area contributed by atoms with E-state index >= 15 is 0 Å². The van der Waals surface area contributed by atoms with Crippen molar-refractivity contribution in [1.29, 1.82) is 0 Å². The maximum absolute atomic E-state index is 13.2. The van der Waals surface area contributed by atoms with Gasteiger partial charge in [0.15, 0.2) is 0 Å². The Bertz CT molecular complexity index is 1050. The molecule has 0 aliphatic carbocycles. The number of anilines is 1. The molecule has 1 aromatic carbocycles. The van der Waals surface area contributed by atoms with Crippen LogP contribution in [0.3, 0.4) is 0 Å². The highest BCUT2D eigenvalue weighted by Gasteiger charge is 2.40. The lowest BCUT2D eigenvalue weighted by molar-refractivity contribution is -0.119. The van der Waals surface area contributed by atoms with E-state index in [1.54, 1.807) is 38.2 Å². The molecule has 1 fully saturated rings. The van der Waals surface area contributed by atoms with Crippen LogP contribution in [-0.2, 0) is 26.6 Å². The average molecular weight is 450 g/mol. The zero-order valence-corrected chi connectivity index (χ0v) is 18.6. The van der Waals surface area contributed by atoms with E-state index in [4.69, 9.17) is 9.47 Å². The molecule has 1 saturated heterocycles. The van der Waals surface area contributed by atoms with Crippen molar-refractivity contribution in [2.24, 2.45) is 7.05 Å². The lowest BCUT2D eigenvalue weighted by Gasteiger charge is -2.23. The van der Waals surface area contributed by atoms with Gasteiger partial charge >= 0.3 is 5.97 Å². The molecule has 1 aliphatic heterocycles. The molecule has 2 aromatic rings. The van der Waals surface area contributed by atoms with Crippen LogP contribution in [-0.4, -0.2) is 55.0 Å². The number of aromatic nitrogens is 1. The fraction of sp³-hybridized carbons (Fsp3) is 0.429. The Morgan fingerprint density at radius 1 is 1.16 bits per heavy atom. The van der Waals surface area contributed by atoms with Gasteiger partial charge in [-0.15, -0.1) is 0 Å². The molecule has 31 heavy (non-hydrogen) atoms. The minimum Gasteiger partial charge on any atom is -0.494 e. The molecule has 2 heterocycles. The summed E-state index contributed by atoms with van der Waals surface area (Å²) in [6, 6.07) is 7.35. The smallest absolute Gasteiger partial charge is 0.354 e. The quantitative estimate of drug-likeness (QED) is 0.620. The summed E-state index contributed by atoms with van der Waals surface area (Å²) in [6.07, 6.45) is 2.35. The van der Waals surface area contributed by atoms with Crippen molar-refractivity contribution in [2.45, 2.75) is 37.6 Å². The largest absolute Gasteiger partial charge is 0.494 e. The van der Waals surface area contributed by atoms with Gasteiger partial charge in [-0.1, -0.05) is 0 Å². The Morgan fingerprint density at radius 3 is 2.52 bits per heavy atom. The van der Waals surface area contributed by atoms with Crippen LogP contribution in [0.4, 0.5) is 5.69 Å². The van der Waals surface area contributed by atoms with Crippen molar-refractivity contribution in [2.75, 3.05) is 25.1 Å². The molecule has 10 heteroatoms. The van der Waals surface area contributed by atoms with Gasteiger partial charge in [0.05, 0.1) is 13.2 Å². The van der Waals surface area contributed by atoms with Crippen LogP contribution in [0.5, 0.6) is 5.75 Å². The molecule has 9 nitrogen and oxygen atoms in total. The average Bonchev–Trinajstić information content (AvgIpc) is 3.37. The topological polar surface area (TPSA) is 107 Å². The maximum atomic E-state index is 13.2. The standard InChI is InChI=1S/C21H27N3O6S/c1-4-29-16-10-8-15(9-11-16)22-20(25)18-7-6-12-24(18)31(27,28)17-13-19(23(3)14-17)21(26)30-5-2/h8-11,13-14,18H,4-7,12H2,1-3H3,(H,22,25). The Kier molecular flexibility index (Phi) is 7.01. The van der Waals surface area contributed by atoms with E-state index in [1.807, 2.05) is 6.92 Å². The van der Waals surface area contributed by atoms with Gasteiger partial charge < -0.3 is 19.4 Å². The highest BCUT2D eigenvalue weighted by Crippen LogP contribution is 2.28. The second-order valence-corrected chi connectivity index (χ2v) is 9.00. The van der Waals surface area contributed by atoms with Gasteiger partial charge in [0.1, 0.15) is 22.4 Å². The molecule has 0 radical (unpaired) electrons. The second-order valence-electron chi connectivity index (χ2n) is 7.11. The predicted octanol–water partition coefficient (Wildman–Crippen LogP) is 2.39. The molecule has 1 unspecified atom stereocenters. The number of carbonyl (C=O) groups is 2. The summed E-state index contributed by atoms with van der Waals surface area (Å²) >= 11 is 0. The first-order chi connectivity index (χ1) is 14.8. The highest BCUT2D eigenvalue weighted by atomic mass is 32.2. The third-order valence-corrected chi connectivity index (χ3v) is 6.88. The highest BCUT2D eigenvalue weighted by molar-refractivity contribution is 7.89. The van der Waals surface area contributed by atoms with Gasteiger partial charge in [0.25, 0.3) is 0 Å². The van der Waals surface area contributed by atoms with Crippen LogP contribution < -0.4 is 10.1 Å². The SMILES string of the molecule is CCOC(=O)c1cc(S(=O)(=O)N2CCCC2C(=O)Nc2ccc(OCC)cc2)cn1C. The molecule has 1 N–H and O–H groups in total. The van der Waals surface area contributed by atoms with Gasteiger partial charge in [-0.05, 0) is 57.0 Å². The molecule has 0 bridgehead atoms. The molecule has 1 atom stereocenters. The number of hydrogen-bond donors (Lipinski definition) is 1. The lowest BCUT2D eigenvalue weighted by atomic mass is 10.2. The fourth-order valence-electron chi connectivity index (χ4n) is 3.54. The number of benzene rings is 1. The Balaban J connectivity index is 1.77. The molecule has 1 aromatic heterocycles. The van der Waals surface area contributed by atoms with E-state index in [0.717, 1.165) is 0 Å². The summed E-state index contributed by atoms with van der Waals surface area (Å²) in [6.45, 7) is 4.51. The first-order valence-corrected chi connectivity index (χ1v) is 11.6. The minimum absolute atomic E-state index is 0.0428. The zero-order chi connectivity index (χ0) is 22.6. The molecule has 0 spiro atoms. The molecule has 1 amide bonds. The minimum atomic E-state index is -3.97. The fourth-order valence-corrected chi connectivity index (χ4v) is 5.26. The van der Waals surface area contributed by atoms with E-state index in [2.05, 4.69) is 5.32 Å². The number of aryl methyl sites for hydroxylation is 1. The first kappa shape index (κ1) is 22.8. The Labute approximate surface area is 182 Å². The number of esters is 1. The van der Waals surface area contributed by atoms with E-state index in [1.165, 1.54) is 21.1 Å². The first-order valence-electron chi connectivity index (χ1n) is 10.2. The van der Waals surface area contributed by atoms with E-state index in [0.29, 0.717) is 30.9 Å². The van der Waals surface area contributed by atoms with Gasteiger partial charge in [-0.3, -0.25) is 4.79 Å². The Hall–Kier alpha value is -2.85. The zero-order valence-electron chi connectivity index (χ0n) is 17.8. The second kappa shape index (κ2) is 9.52. The molecule has 1 aliphatic rings. The van der Waals surface area contributed by atoms with Crippen LogP contribution >= 0.6 is 0 Å². The summed E-state index contributed by atoms with van der Waals surface area (Å²) in [5.41, 5.74) is 0.692. The number of nitrogens with zero attached hydrogens (tertiary/aromatic N) is 2. The summed E-state index contributed by atoms with van der Waals surface area (Å²) in [7, 11) is -2.39. The number of carbonyl (C=O) groups excluding carboxylic acids is 2. The van der Waals surface area contributed by atoms with Crippen molar-refractivity contribution in [1.82, 2.24) is 8.87 Å². The molecule has 168 valence electrons. The number of sulfonamides is 1. The van der Waals surface area contributed by atoms with Crippen molar-refractivity contribution in [3.05, 3.63) is 42.2 Å². The number of nitrogens with one attached hydrogen (secondary N) is 1. The molecule has 3 rings (SSSR count). The van der Waals surface area contributed by atoms with Gasteiger partial charge in [0, 0.05) is 25.5 Å². The van der Waals surface area contributed by atoms with Crippen molar-refractivity contribution >= 4 is 27.6 Å². The van der Waals surface area contributed by atoms with Crippen molar-refractivity contribution < 1.29 is 27.5 Å². The van der Waals surface area contributed by atoms with Crippen LogP contribution in [0, 0.1) is 0 Å². The molecular weight excluding hydrogens is 422 g/mol. The summed E-state index contributed by atoms with van der Waals surface area (Å²) < 4.78 is 39.4. The van der Waals surface area contributed by atoms with Gasteiger partial charge in [-0.25, -0.2) is 13.2 Å². The number of amides is 1. The number of hydrogen-bond acceptors (Lipinski definition) is 6. The molecule has 0 saturated carbocycles. The van der Waals surface area contributed by atoms with Crippen LogP contribution in [0.25, 0.3) is 0 Å². The number of rotatable bonds is 8. The van der Waals surface area contributed by atoms with Crippen LogP contribution in [0.1, 0.15) is 37.2 Å². The predicted molar refractivity (Wildman–Crippen MR) is 115 cm³/mol. The normalized spacial score (nSPS) is 16.8. The third kappa shape index (κ3) is 4.91. The maximum Gasteiger partial charge on any atom is 0.354 e. The van der Waals surface area contributed by atoms with E-state index in [-0.39, 0.29) is 23.7 Å². The van der Waals surface area contributed by atoms with E-state index in [9.17, 15) is 18.0 Å². The summed E-state index contributed by atoms with van der Waals surface area (Å²) in [5, 5.41) is 2.78. The van der Waals surface area contributed by atoms with Gasteiger partial charge in [0.2, 0.25) is 15.9 Å². The third-order valence-electron chi connectivity index (χ3n) is 5.01. The summed E-state index contributed by atoms with van der Waals surface area (Å²) in [5.74, 6) is -0.309. The van der Waals surface area contributed by atoms with Crippen LogP contribution in [0.2, 0.25) is 0 Å². The van der Waals surface area contributed by atoms with Crippen molar-refractivity contribution in [3.8, 4) is 5.75 Å². The lowest BCUT2D eigenvalue weighted by Crippen LogP contribution is -2.43. The molecular formula is C21H27N3O6S.